The van der Waals surface area contributed by atoms with Gasteiger partial charge < -0.3 is 14.2 Å². The van der Waals surface area contributed by atoms with Gasteiger partial charge in [0.2, 0.25) is 0 Å². The first-order chi connectivity index (χ1) is 13.7. The number of methoxy groups -OCH3 is 1. The van der Waals surface area contributed by atoms with Gasteiger partial charge in [-0.3, -0.25) is 0 Å². The van der Waals surface area contributed by atoms with Crippen LogP contribution in [0.3, 0.4) is 0 Å². The van der Waals surface area contributed by atoms with Gasteiger partial charge in [-0.25, -0.2) is 4.79 Å². The van der Waals surface area contributed by atoms with Crippen LogP contribution in [-0.4, -0.2) is 13.1 Å². The molecule has 3 rings (SSSR count). The van der Waals surface area contributed by atoms with Crippen molar-refractivity contribution in [3.63, 3.8) is 0 Å². The van der Waals surface area contributed by atoms with Crippen LogP contribution in [0.5, 0.6) is 11.5 Å². The molecule has 5 nitrogen and oxygen atoms in total. The molecule has 140 valence electrons. The van der Waals surface area contributed by atoms with Gasteiger partial charge in [-0.1, -0.05) is 42.5 Å². The highest BCUT2D eigenvalue weighted by molar-refractivity contribution is 5.90. The first-order valence-electron chi connectivity index (χ1n) is 8.70. The van der Waals surface area contributed by atoms with Gasteiger partial charge in [-0.05, 0) is 41.5 Å². The van der Waals surface area contributed by atoms with Crippen LogP contribution >= 0.6 is 0 Å². The Labute approximate surface area is 163 Å². The van der Waals surface area contributed by atoms with Crippen molar-refractivity contribution in [3.8, 4) is 17.6 Å². The van der Waals surface area contributed by atoms with Crippen LogP contribution in [0.2, 0.25) is 0 Å². The first-order valence-corrected chi connectivity index (χ1v) is 8.70. The summed E-state index contributed by atoms with van der Waals surface area (Å²) in [6.45, 7) is 0.527. The summed E-state index contributed by atoms with van der Waals surface area (Å²) in [5.74, 6) is 0.552. The van der Waals surface area contributed by atoms with E-state index in [0.717, 1.165) is 11.1 Å². The van der Waals surface area contributed by atoms with Crippen molar-refractivity contribution in [1.82, 2.24) is 0 Å². The van der Waals surface area contributed by atoms with Gasteiger partial charge >= 0.3 is 5.97 Å². The van der Waals surface area contributed by atoms with Crippen molar-refractivity contribution < 1.29 is 19.0 Å². The number of hydrogen-bond acceptors (Lipinski definition) is 5. The number of hydrogen-bond donors (Lipinski definition) is 0. The molecule has 0 spiro atoms. The largest absolute Gasteiger partial charge is 0.493 e. The Hall–Kier alpha value is -3.78. The second kappa shape index (κ2) is 9.24. The second-order valence-corrected chi connectivity index (χ2v) is 6.02. The van der Waals surface area contributed by atoms with E-state index in [1.165, 1.54) is 7.11 Å². The third-order valence-corrected chi connectivity index (χ3v) is 4.09. The van der Waals surface area contributed by atoms with Crippen LogP contribution in [0.4, 0.5) is 0 Å². The van der Waals surface area contributed by atoms with Crippen molar-refractivity contribution in [2.45, 2.75) is 13.2 Å². The maximum atomic E-state index is 12.3. The number of nitriles is 1. The van der Waals surface area contributed by atoms with Crippen molar-refractivity contribution in [1.29, 1.82) is 5.26 Å². The molecule has 0 fully saturated rings. The summed E-state index contributed by atoms with van der Waals surface area (Å²) in [6, 6.07) is 23.7. The zero-order chi connectivity index (χ0) is 19.8. The number of carbonyl (C=O) groups excluding carboxylic acids is 1. The Morgan fingerprint density at radius 2 is 1.61 bits per heavy atom. The van der Waals surface area contributed by atoms with Crippen LogP contribution in [0, 0.1) is 11.3 Å². The smallest absolute Gasteiger partial charge is 0.338 e. The monoisotopic (exact) mass is 373 g/mol. The number of rotatable bonds is 7. The number of benzene rings is 3. The fourth-order valence-corrected chi connectivity index (χ4v) is 2.56. The van der Waals surface area contributed by atoms with Crippen LogP contribution in [-0.2, 0) is 18.0 Å². The lowest BCUT2D eigenvalue weighted by molar-refractivity contribution is 0.0472. The lowest BCUT2D eigenvalue weighted by Crippen LogP contribution is -2.06. The van der Waals surface area contributed by atoms with E-state index < -0.39 is 5.97 Å². The molecule has 0 aliphatic carbocycles. The minimum atomic E-state index is -0.461. The highest BCUT2D eigenvalue weighted by atomic mass is 16.5. The molecule has 0 aromatic heterocycles. The molecule has 0 atom stereocenters. The molecule has 0 aliphatic heterocycles. The number of nitrogens with zero attached hydrogens (tertiary/aromatic N) is 1. The van der Waals surface area contributed by atoms with E-state index in [1.54, 1.807) is 42.5 Å². The summed E-state index contributed by atoms with van der Waals surface area (Å²) in [5.41, 5.74) is 2.78. The van der Waals surface area contributed by atoms with Crippen molar-refractivity contribution in [3.05, 3.63) is 95.1 Å². The van der Waals surface area contributed by atoms with Gasteiger partial charge in [0.15, 0.2) is 11.5 Å². The van der Waals surface area contributed by atoms with E-state index in [4.69, 9.17) is 19.5 Å². The van der Waals surface area contributed by atoms with Crippen molar-refractivity contribution >= 4 is 5.97 Å². The van der Waals surface area contributed by atoms with E-state index in [2.05, 4.69) is 6.07 Å². The Bertz CT molecular complexity index is 976. The van der Waals surface area contributed by atoms with E-state index in [9.17, 15) is 4.79 Å². The Kier molecular flexibility index (Phi) is 6.27. The summed E-state index contributed by atoms with van der Waals surface area (Å²) in [4.78, 5) is 12.3. The van der Waals surface area contributed by atoms with Gasteiger partial charge in [0.05, 0.1) is 24.3 Å². The fourth-order valence-electron chi connectivity index (χ4n) is 2.56. The summed E-state index contributed by atoms with van der Waals surface area (Å²) in [7, 11) is 1.52. The molecule has 0 N–H and O–H groups in total. The molecule has 0 amide bonds. The normalized spacial score (nSPS) is 10.0. The van der Waals surface area contributed by atoms with Gasteiger partial charge in [-0.2, -0.15) is 5.26 Å². The van der Waals surface area contributed by atoms with E-state index in [0.29, 0.717) is 29.2 Å². The number of esters is 1. The molecule has 28 heavy (non-hydrogen) atoms. The SMILES string of the molecule is COc1cc(C(=O)OCc2ccc(C#N)cc2)ccc1OCc1ccccc1. The summed E-state index contributed by atoms with van der Waals surface area (Å²) in [5, 5.41) is 8.81. The molecule has 0 heterocycles. The third-order valence-electron chi connectivity index (χ3n) is 4.09. The highest BCUT2D eigenvalue weighted by Crippen LogP contribution is 2.29. The molecule has 0 aliphatic rings. The third kappa shape index (κ3) is 4.89. The van der Waals surface area contributed by atoms with Crippen LogP contribution in [0.15, 0.2) is 72.8 Å². The Morgan fingerprint density at radius 3 is 2.29 bits per heavy atom. The first kappa shape index (κ1) is 19.0. The maximum absolute atomic E-state index is 12.3. The average molecular weight is 373 g/mol. The minimum absolute atomic E-state index is 0.124. The lowest BCUT2D eigenvalue weighted by Gasteiger charge is -2.12. The maximum Gasteiger partial charge on any atom is 0.338 e. The quantitative estimate of drug-likeness (QED) is 0.570. The summed E-state index contributed by atoms with van der Waals surface area (Å²) >= 11 is 0. The molecular formula is C23H19NO4. The van der Waals surface area contributed by atoms with Gasteiger partial charge in [0.1, 0.15) is 13.2 Å². The molecule has 0 saturated heterocycles. The fraction of sp³-hybridized carbons (Fsp3) is 0.130. The van der Waals surface area contributed by atoms with Gasteiger partial charge in [0.25, 0.3) is 0 Å². The molecule has 0 saturated carbocycles. The van der Waals surface area contributed by atoms with Gasteiger partial charge in [0, 0.05) is 0 Å². The molecular weight excluding hydrogens is 354 g/mol. The van der Waals surface area contributed by atoms with Crippen LogP contribution in [0.25, 0.3) is 0 Å². The molecule has 0 unspecified atom stereocenters. The molecule has 3 aromatic carbocycles. The van der Waals surface area contributed by atoms with E-state index in [-0.39, 0.29) is 6.61 Å². The zero-order valence-corrected chi connectivity index (χ0v) is 15.4. The minimum Gasteiger partial charge on any atom is -0.493 e. The van der Waals surface area contributed by atoms with Crippen LogP contribution < -0.4 is 9.47 Å². The van der Waals surface area contributed by atoms with E-state index in [1.807, 2.05) is 30.3 Å². The number of ether oxygens (including phenoxy) is 3. The molecule has 0 bridgehead atoms. The lowest BCUT2D eigenvalue weighted by atomic mass is 10.1. The van der Waals surface area contributed by atoms with Crippen molar-refractivity contribution in [2.24, 2.45) is 0 Å². The second-order valence-electron chi connectivity index (χ2n) is 6.02. The predicted octanol–water partition coefficient (Wildman–Crippen LogP) is 4.50. The topological polar surface area (TPSA) is 68.5 Å². The standard InChI is InChI=1S/C23H19NO4/c1-26-22-13-20(11-12-21(22)27-15-18-5-3-2-4-6-18)23(25)28-16-19-9-7-17(14-24)8-10-19/h2-13H,15-16H2,1H3. The number of carbonyl (C=O) groups is 1. The molecule has 5 heteroatoms. The highest BCUT2D eigenvalue weighted by Gasteiger charge is 2.13. The van der Waals surface area contributed by atoms with Crippen molar-refractivity contribution in [2.75, 3.05) is 7.11 Å². The summed E-state index contributed by atoms with van der Waals surface area (Å²) < 4.78 is 16.5. The molecule has 3 aromatic rings. The van der Waals surface area contributed by atoms with Crippen LogP contribution in [0.1, 0.15) is 27.0 Å². The van der Waals surface area contributed by atoms with Gasteiger partial charge in [-0.15, -0.1) is 0 Å². The predicted molar refractivity (Wildman–Crippen MR) is 104 cm³/mol. The molecule has 0 radical (unpaired) electrons. The summed E-state index contributed by atoms with van der Waals surface area (Å²) in [6.07, 6.45) is 0. The van der Waals surface area contributed by atoms with E-state index >= 15 is 0 Å². The Balaban J connectivity index is 1.63. The zero-order valence-electron chi connectivity index (χ0n) is 15.4. The average Bonchev–Trinajstić information content (AvgIpc) is 2.77. The Morgan fingerprint density at radius 1 is 0.893 bits per heavy atom.